The van der Waals surface area contributed by atoms with Crippen LogP contribution in [0.1, 0.15) is 31.8 Å². The van der Waals surface area contributed by atoms with Gasteiger partial charge in [0.15, 0.2) is 0 Å². The van der Waals surface area contributed by atoms with Crippen LogP contribution in [0.4, 0.5) is 10.1 Å². The molecule has 2 N–H and O–H groups in total. The molecular formula is C22H19FN2O2. The van der Waals surface area contributed by atoms with Gasteiger partial charge in [0.2, 0.25) is 0 Å². The highest BCUT2D eigenvalue weighted by Crippen LogP contribution is 2.17. The van der Waals surface area contributed by atoms with E-state index in [9.17, 15) is 14.0 Å². The molecule has 0 radical (unpaired) electrons. The molecule has 0 heterocycles. The molecule has 0 aliphatic carbocycles. The van der Waals surface area contributed by atoms with E-state index in [4.69, 9.17) is 0 Å². The summed E-state index contributed by atoms with van der Waals surface area (Å²) in [5, 5.41) is 5.46. The molecule has 0 saturated carbocycles. The number of para-hydroxylation sites is 1. The van der Waals surface area contributed by atoms with Crippen molar-refractivity contribution in [3.8, 4) is 0 Å². The van der Waals surface area contributed by atoms with Crippen LogP contribution in [0.5, 0.6) is 0 Å². The third-order valence-corrected chi connectivity index (χ3v) is 4.07. The molecule has 0 atom stereocenters. The van der Waals surface area contributed by atoms with Gasteiger partial charge < -0.3 is 10.6 Å². The average molecular weight is 362 g/mol. The lowest BCUT2D eigenvalue weighted by Gasteiger charge is -2.12. The van der Waals surface area contributed by atoms with Crippen LogP contribution in [0.3, 0.4) is 0 Å². The van der Waals surface area contributed by atoms with Gasteiger partial charge in [-0.1, -0.05) is 54.1 Å². The summed E-state index contributed by atoms with van der Waals surface area (Å²) in [7, 11) is 0. The zero-order chi connectivity index (χ0) is 19.2. The van der Waals surface area contributed by atoms with Crippen molar-refractivity contribution < 1.29 is 14.0 Å². The van der Waals surface area contributed by atoms with Crippen LogP contribution in [0, 0.1) is 12.7 Å². The maximum atomic E-state index is 13.8. The number of hydrogen-bond acceptors (Lipinski definition) is 2. The second-order valence-corrected chi connectivity index (χ2v) is 6.15. The molecule has 3 aromatic rings. The van der Waals surface area contributed by atoms with Crippen molar-refractivity contribution in [2.45, 2.75) is 13.5 Å². The molecule has 3 aromatic carbocycles. The second-order valence-electron chi connectivity index (χ2n) is 6.15. The minimum atomic E-state index is -0.614. The number of hydrogen-bond donors (Lipinski definition) is 2. The number of aryl methyl sites for hydroxylation is 1. The molecule has 0 bridgehead atoms. The van der Waals surface area contributed by atoms with Crippen molar-refractivity contribution in [3.63, 3.8) is 0 Å². The largest absolute Gasteiger partial charge is 0.348 e. The highest BCUT2D eigenvalue weighted by Gasteiger charge is 2.16. The van der Waals surface area contributed by atoms with Crippen molar-refractivity contribution in [1.82, 2.24) is 5.32 Å². The lowest BCUT2D eigenvalue weighted by Crippen LogP contribution is -2.25. The van der Waals surface area contributed by atoms with E-state index in [1.54, 1.807) is 30.3 Å². The third kappa shape index (κ3) is 4.58. The second kappa shape index (κ2) is 8.27. The fraction of sp³-hybridized carbons (Fsp3) is 0.0909. The van der Waals surface area contributed by atoms with E-state index in [0.717, 1.165) is 11.1 Å². The van der Waals surface area contributed by atoms with E-state index < -0.39 is 11.7 Å². The fourth-order valence-electron chi connectivity index (χ4n) is 2.72. The Bertz CT molecular complexity index is 985. The molecule has 0 saturated heterocycles. The molecule has 0 fully saturated rings. The van der Waals surface area contributed by atoms with Crippen molar-refractivity contribution in [2.75, 3.05) is 5.32 Å². The molecule has 2 amide bonds. The number of rotatable bonds is 5. The van der Waals surface area contributed by atoms with E-state index in [1.165, 1.54) is 18.2 Å². The summed E-state index contributed by atoms with van der Waals surface area (Å²) in [5.41, 5.74) is 2.66. The highest BCUT2D eigenvalue weighted by atomic mass is 19.1. The van der Waals surface area contributed by atoms with Gasteiger partial charge in [-0.05, 0) is 36.8 Å². The van der Waals surface area contributed by atoms with Crippen LogP contribution < -0.4 is 10.6 Å². The molecule has 0 spiro atoms. The normalized spacial score (nSPS) is 10.3. The maximum absolute atomic E-state index is 13.8. The van der Waals surface area contributed by atoms with Crippen LogP contribution in [-0.4, -0.2) is 11.8 Å². The topological polar surface area (TPSA) is 58.2 Å². The Kier molecular flexibility index (Phi) is 5.61. The number of halogens is 1. The number of amides is 2. The Morgan fingerprint density at radius 3 is 2.30 bits per heavy atom. The van der Waals surface area contributed by atoms with Crippen LogP contribution in [0.25, 0.3) is 0 Å². The van der Waals surface area contributed by atoms with Crippen molar-refractivity contribution >= 4 is 17.5 Å². The molecule has 0 aliphatic heterocycles. The maximum Gasteiger partial charge on any atom is 0.258 e. The van der Waals surface area contributed by atoms with E-state index in [-0.39, 0.29) is 11.5 Å². The molecule has 5 heteroatoms. The van der Waals surface area contributed by atoms with E-state index in [1.807, 2.05) is 31.2 Å². The van der Waals surface area contributed by atoms with Crippen molar-refractivity contribution in [2.24, 2.45) is 0 Å². The Balaban J connectivity index is 1.74. The van der Waals surface area contributed by atoms with Gasteiger partial charge in [-0.15, -0.1) is 0 Å². The van der Waals surface area contributed by atoms with Gasteiger partial charge in [-0.2, -0.15) is 0 Å². The summed E-state index contributed by atoms with van der Waals surface area (Å²) in [5.74, 6) is -1.54. The Hall–Kier alpha value is -3.47. The van der Waals surface area contributed by atoms with Crippen LogP contribution in [-0.2, 0) is 6.54 Å². The summed E-state index contributed by atoms with van der Waals surface area (Å²) >= 11 is 0. The summed E-state index contributed by atoms with van der Waals surface area (Å²) in [6, 6.07) is 20.2. The van der Waals surface area contributed by atoms with Gasteiger partial charge >= 0.3 is 0 Å². The van der Waals surface area contributed by atoms with Gasteiger partial charge in [-0.3, -0.25) is 9.59 Å². The van der Waals surface area contributed by atoms with Crippen molar-refractivity contribution in [3.05, 3.63) is 101 Å². The number of carbonyl (C=O) groups is 2. The molecule has 3 rings (SSSR count). The first kappa shape index (κ1) is 18.3. The number of benzene rings is 3. The number of nitrogens with one attached hydrogen (secondary N) is 2. The number of carbonyl (C=O) groups excluding carboxylic acids is 2. The molecule has 136 valence electrons. The summed E-state index contributed by atoms with van der Waals surface area (Å²) in [4.78, 5) is 24.9. The Morgan fingerprint density at radius 2 is 1.56 bits per heavy atom. The molecule has 27 heavy (non-hydrogen) atoms. The zero-order valence-electron chi connectivity index (χ0n) is 14.8. The van der Waals surface area contributed by atoms with Gasteiger partial charge in [0.25, 0.3) is 11.8 Å². The quantitative estimate of drug-likeness (QED) is 0.710. The van der Waals surface area contributed by atoms with Gasteiger partial charge in [-0.25, -0.2) is 4.39 Å². The van der Waals surface area contributed by atoms with Crippen LogP contribution in [0.15, 0.2) is 72.8 Å². The summed E-state index contributed by atoms with van der Waals surface area (Å²) < 4.78 is 13.8. The smallest absolute Gasteiger partial charge is 0.258 e. The molecular weight excluding hydrogens is 343 g/mol. The van der Waals surface area contributed by atoms with E-state index in [0.29, 0.717) is 17.8 Å². The lowest BCUT2D eigenvalue weighted by molar-refractivity contribution is 0.0952. The standard InChI is InChI=1S/C22H19FN2O2/c1-15-7-6-8-16(13-15)14-24-21(26)18-10-3-5-12-20(18)25-22(27)17-9-2-4-11-19(17)23/h2-13H,14H2,1H3,(H,24,26)(H,25,27). The van der Waals surface area contributed by atoms with E-state index in [2.05, 4.69) is 10.6 Å². The number of anilines is 1. The predicted octanol–water partition coefficient (Wildman–Crippen LogP) is 4.32. The summed E-state index contributed by atoms with van der Waals surface area (Å²) in [6.07, 6.45) is 0. The SMILES string of the molecule is Cc1cccc(CNC(=O)c2ccccc2NC(=O)c2ccccc2F)c1. The molecule has 0 aromatic heterocycles. The Labute approximate surface area is 157 Å². The zero-order valence-corrected chi connectivity index (χ0v) is 14.8. The molecule has 0 unspecified atom stereocenters. The first-order valence-corrected chi connectivity index (χ1v) is 8.53. The van der Waals surface area contributed by atoms with Crippen molar-refractivity contribution in [1.29, 1.82) is 0 Å². The summed E-state index contributed by atoms with van der Waals surface area (Å²) in [6.45, 7) is 2.36. The van der Waals surface area contributed by atoms with Gasteiger partial charge in [0.05, 0.1) is 16.8 Å². The fourth-order valence-corrected chi connectivity index (χ4v) is 2.72. The minimum Gasteiger partial charge on any atom is -0.348 e. The Morgan fingerprint density at radius 1 is 0.852 bits per heavy atom. The average Bonchev–Trinajstić information content (AvgIpc) is 2.67. The van der Waals surface area contributed by atoms with Crippen LogP contribution >= 0.6 is 0 Å². The molecule has 4 nitrogen and oxygen atoms in total. The first-order valence-electron chi connectivity index (χ1n) is 8.53. The predicted molar refractivity (Wildman–Crippen MR) is 103 cm³/mol. The highest BCUT2D eigenvalue weighted by molar-refractivity contribution is 6.09. The minimum absolute atomic E-state index is 0.0764. The van der Waals surface area contributed by atoms with Gasteiger partial charge in [0.1, 0.15) is 5.82 Å². The van der Waals surface area contributed by atoms with Gasteiger partial charge in [0, 0.05) is 6.54 Å². The lowest BCUT2D eigenvalue weighted by atomic mass is 10.1. The van der Waals surface area contributed by atoms with E-state index >= 15 is 0 Å². The molecule has 0 aliphatic rings. The first-order chi connectivity index (χ1) is 13.0. The third-order valence-electron chi connectivity index (χ3n) is 4.07. The monoisotopic (exact) mass is 362 g/mol. The van der Waals surface area contributed by atoms with Crippen LogP contribution in [0.2, 0.25) is 0 Å².